The van der Waals surface area contributed by atoms with Crippen molar-refractivity contribution in [3.8, 4) is 11.5 Å². The van der Waals surface area contributed by atoms with Crippen LogP contribution in [0, 0.1) is 0 Å². The third-order valence-electron chi connectivity index (χ3n) is 4.72. The highest BCUT2D eigenvalue weighted by Crippen LogP contribution is 2.37. The second-order valence-electron chi connectivity index (χ2n) is 6.94. The van der Waals surface area contributed by atoms with Crippen LogP contribution in [0.25, 0.3) is 6.08 Å². The van der Waals surface area contributed by atoms with Crippen LogP contribution in [-0.2, 0) is 11.3 Å². The number of imide groups is 1. The first kappa shape index (κ1) is 23.5. The van der Waals surface area contributed by atoms with Crippen molar-refractivity contribution in [3.05, 3.63) is 62.5 Å². The van der Waals surface area contributed by atoms with Crippen LogP contribution in [0.2, 0.25) is 10.0 Å². The highest BCUT2D eigenvalue weighted by atomic mass is 35.5. The normalized spacial score (nSPS) is 16.2. The van der Waals surface area contributed by atoms with Gasteiger partial charge in [0.1, 0.15) is 0 Å². The molecular weight excluding hydrogens is 457 g/mol. The summed E-state index contributed by atoms with van der Waals surface area (Å²) in [4.78, 5) is 26.8. The monoisotopic (exact) mass is 479 g/mol. The molecule has 0 bridgehead atoms. The van der Waals surface area contributed by atoms with Gasteiger partial charge in [-0.15, -0.1) is 0 Å². The van der Waals surface area contributed by atoms with Gasteiger partial charge in [0, 0.05) is 15.6 Å². The number of nitrogens with zero attached hydrogens (tertiary/aromatic N) is 1. The summed E-state index contributed by atoms with van der Waals surface area (Å²) in [6.07, 6.45) is 2.60. The van der Waals surface area contributed by atoms with Crippen LogP contribution < -0.4 is 9.47 Å². The van der Waals surface area contributed by atoms with E-state index in [1.54, 1.807) is 30.3 Å². The highest BCUT2D eigenvalue weighted by Gasteiger charge is 2.35. The van der Waals surface area contributed by atoms with Gasteiger partial charge in [-0.2, -0.15) is 0 Å². The van der Waals surface area contributed by atoms with Crippen molar-refractivity contribution in [1.82, 2.24) is 4.90 Å². The average molecular weight is 480 g/mol. The fourth-order valence-electron chi connectivity index (χ4n) is 2.91. The minimum absolute atomic E-state index is 0.0202. The van der Waals surface area contributed by atoms with Gasteiger partial charge < -0.3 is 9.47 Å². The minimum atomic E-state index is -0.385. The molecule has 1 atom stereocenters. The Morgan fingerprint density at radius 2 is 1.81 bits per heavy atom. The molecule has 8 heteroatoms. The second kappa shape index (κ2) is 10.4. The van der Waals surface area contributed by atoms with Crippen molar-refractivity contribution in [2.75, 3.05) is 6.61 Å². The minimum Gasteiger partial charge on any atom is -0.490 e. The number of benzene rings is 2. The Kier molecular flexibility index (Phi) is 7.92. The summed E-state index contributed by atoms with van der Waals surface area (Å²) in [5, 5.41) is 0.455. The van der Waals surface area contributed by atoms with Gasteiger partial charge >= 0.3 is 0 Å². The number of thioether (sulfide) groups is 1. The third-order valence-corrected chi connectivity index (χ3v) is 6.34. The number of ether oxygens (including phenoxy) is 2. The Labute approximate surface area is 196 Å². The number of halogens is 2. The molecule has 1 fully saturated rings. The Morgan fingerprint density at radius 3 is 2.45 bits per heavy atom. The molecule has 0 aromatic heterocycles. The smallest absolute Gasteiger partial charge is 0.293 e. The van der Waals surface area contributed by atoms with E-state index in [0.29, 0.717) is 38.6 Å². The number of rotatable bonds is 8. The van der Waals surface area contributed by atoms with Gasteiger partial charge in [-0.25, -0.2) is 0 Å². The summed E-state index contributed by atoms with van der Waals surface area (Å²) in [6, 6.07) is 10.5. The number of hydrogen-bond acceptors (Lipinski definition) is 5. The standard InChI is InChI=1S/C23H23Cl2NO4S/c1-4-14(3)30-19-10-9-15(11-20(19)29-5-2)12-21-22(27)26(23(28)31-21)13-16-17(24)7-6-8-18(16)25/h6-12,14H,4-5,13H2,1-3H3. The van der Waals surface area contributed by atoms with E-state index in [2.05, 4.69) is 0 Å². The summed E-state index contributed by atoms with van der Waals surface area (Å²) < 4.78 is 11.6. The molecule has 0 N–H and O–H groups in total. The third kappa shape index (κ3) is 5.56. The Balaban J connectivity index is 1.84. The molecule has 2 aromatic carbocycles. The van der Waals surface area contributed by atoms with Gasteiger partial charge in [0.2, 0.25) is 0 Å². The molecule has 1 unspecified atom stereocenters. The zero-order valence-corrected chi connectivity index (χ0v) is 19.8. The van der Waals surface area contributed by atoms with Crippen LogP contribution in [-0.4, -0.2) is 28.8 Å². The molecule has 1 aliphatic rings. The first-order chi connectivity index (χ1) is 14.8. The predicted molar refractivity (Wildman–Crippen MR) is 126 cm³/mol. The summed E-state index contributed by atoms with van der Waals surface area (Å²) in [5.74, 6) is 0.859. The van der Waals surface area contributed by atoms with Crippen molar-refractivity contribution in [3.63, 3.8) is 0 Å². The maximum Gasteiger partial charge on any atom is 0.293 e. The van der Waals surface area contributed by atoms with Crippen LogP contribution >= 0.6 is 35.0 Å². The maximum absolute atomic E-state index is 12.9. The molecule has 1 aliphatic heterocycles. The van der Waals surface area contributed by atoms with E-state index >= 15 is 0 Å². The lowest BCUT2D eigenvalue weighted by atomic mass is 10.1. The molecule has 164 valence electrons. The Morgan fingerprint density at radius 1 is 1.10 bits per heavy atom. The van der Waals surface area contributed by atoms with Crippen LogP contribution in [0.3, 0.4) is 0 Å². The lowest BCUT2D eigenvalue weighted by Crippen LogP contribution is -2.27. The maximum atomic E-state index is 12.9. The van der Waals surface area contributed by atoms with E-state index < -0.39 is 0 Å². The van der Waals surface area contributed by atoms with Gasteiger partial charge in [-0.1, -0.05) is 42.3 Å². The Bertz CT molecular complexity index is 1000. The fraction of sp³-hybridized carbons (Fsp3) is 0.304. The molecule has 1 heterocycles. The van der Waals surface area contributed by atoms with E-state index in [1.807, 2.05) is 32.9 Å². The van der Waals surface area contributed by atoms with Crippen molar-refractivity contribution in [2.24, 2.45) is 0 Å². The van der Waals surface area contributed by atoms with E-state index in [9.17, 15) is 9.59 Å². The predicted octanol–water partition coefficient (Wildman–Crippen LogP) is 6.81. The van der Waals surface area contributed by atoms with Crippen LogP contribution in [0.5, 0.6) is 11.5 Å². The molecule has 5 nitrogen and oxygen atoms in total. The van der Waals surface area contributed by atoms with E-state index in [-0.39, 0.29) is 23.8 Å². The van der Waals surface area contributed by atoms with Crippen molar-refractivity contribution < 1.29 is 19.1 Å². The van der Waals surface area contributed by atoms with E-state index in [4.69, 9.17) is 32.7 Å². The lowest BCUT2D eigenvalue weighted by Gasteiger charge is -2.16. The first-order valence-corrected chi connectivity index (χ1v) is 11.5. The van der Waals surface area contributed by atoms with Crippen LogP contribution in [0.15, 0.2) is 41.3 Å². The molecule has 0 aliphatic carbocycles. The number of hydrogen-bond donors (Lipinski definition) is 0. The molecule has 0 saturated carbocycles. The van der Waals surface area contributed by atoms with Crippen molar-refractivity contribution in [1.29, 1.82) is 0 Å². The van der Waals surface area contributed by atoms with Gasteiger partial charge in [-0.05, 0) is 67.9 Å². The SMILES string of the molecule is CCOc1cc(C=C2SC(=O)N(Cc3c(Cl)cccc3Cl)C2=O)ccc1OC(C)CC. The number of carbonyl (C=O) groups is 2. The molecule has 2 amide bonds. The summed E-state index contributed by atoms with van der Waals surface area (Å²) in [6.45, 7) is 6.43. The average Bonchev–Trinajstić information content (AvgIpc) is 2.99. The molecule has 2 aromatic rings. The van der Waals surface area contributed by atoms with E-state index in [0.717, 1.165) is 28.6 Å². The topological polar surface area (TPSA) is 55.8 Å². The van der Waals surface area contributed by atoms with Crippen LogP contribution in [0.1, 0.15) is 38.3 Å². The highest BCUT2D eigenvalue weighted by molar-refractivity contribution is 8.18. The zero-order chi connectivity index (χ0) is 22.5. The second-order valence-corrected chi connectivity index (χ2v) is 8.75. The molecular formula is C23H23Cl2NO4S. The van der Waals surface area contributed by atoms with Gasteiger partial charge in [-0.3, -0.25) is 14.5 Å². The van der Waals surface area contributed by atoms with Gasteiger partial charge in [0.15, 0.2) is 11.5 Å². The number of amides is 2. The first-order valence-electron chi connectivity index (χ1n) is 9.95. The summed E-state index contributed by atoms with van der Waals surface area (Å²) in [5.41, 5.74) is 1.28. The Hall–Kier alpha value is -2.15. The molecule has 0 spiro atoms. The molecule has 3 rings (SSSR count). The number of carbonyl (C=O) groups excluding carboxylic acids is 2. The van der Waals surface area contributed by atoms with Gasteiger partial charge in [0.05, 0.1) is 24.2 Å². The zero-order valence-electron chi connectivity index (χ0n) is 17.5. The summed E-state index contributed by atoms with van der Waals surface area (Å²) in [7, 11) is 0. The fourth-order valence-corrected chi connectivity index (χ4v) is 4.26. The largest absolute Gasteiger partial charge is 0.490 e. The molecule has 1 saturated heterocycles. The molecule has 0 radical (unpaired) electrons. The summed E-state index contributed by atoms with van der Waals surface area (Å²) >= 11 is 13.3. The quantitative estimate of drug-likeness (QED) is 0.389. The van der Waals surface area contributed by atoms with Crippen LogP contribution in [0.4, 0.5) is 4.79 Å². The van der Waals surface area contributed by atoms with Gasteiger partial charge in [0.25, 0.3) is 11.1 Å². The lowest BCUT2D eigenvalue weighted by molar-refractivity contribution is -0.123. The van der Waals surface area contributed by atoms with Crippen molar-refractivity contribution >= 4 is 52.2 Å². The molecule has 31 heavy (non-hydrogen) atoms. The van der Waals surface area contributed by atoms with Crippen molar-refractivity contribution in [2.45, 2.75) is 39.8 Å². The van der Waals surface area contributed by atoms with E-state index in [1.165, 1.54) is 0 Å².